The Kier molecular flexibility index (Phi) is 6.47. The SMILES string of the molecule is CCC(=O)O[C@H]1CC[C@]2(C)[C@H]3C(=O)C=C4[C@@H]5C[C@@](C)(C(=O)Cl)CC[C@]5(C)CC[C@@]4(C)[C@]3(C)CC[C@H]2C1(C)C. The van der Waals surface area contributed by atoms with Crippen LogP contribution in [0, 0.1) is 50.2 Å². The lowest BCUT2D eigenvalue weighted by atomic mass is 9.33. The van der Waals surface area contributed by atoms with E-state index in [1.165, 1.54) is 5.57 Å². The maximum atomic E-state index is 14.4. The molecule has 9 atom stereocenters. The molecule has 0 aromatic heterocycles. The van der Waals surface area contributed by atoms with Crippen molar-refractivity contribution in [2.45, 2.75) is 126 Å². The van der Waals surface area contributed by atoms with E-state index < -0.39 is 5.41 Å². The molecule has 0 N–H and O–H groups in total. The van der Waals surface area contributed by atoms with Gasteiger partial charge in [-0.05, 0) is 109 Å². The Morgan fingerprint density at radius 2 is 1.61 bits per heavy atom. The van der Waals surface area contributed by atoms with E-state index in [2.05, 4.69) is 47.6 Å². The van der Waals surface area contributed by atoms with Crippen molar-refractivity contribution < 1.29 is 19.1 Å². The Hall–Kier alpha value is -1.16. The van der Waals surface area contributed by atoms with E-state index in [0.29, 0.717) is 18.1 Å². The summed E-state index contributed by atoms with van der Waals surface area (Å²) in [6.45, 7) is 18.0. The highest BCUT2D eigenvalue weighted by Crippen LogP contribution is 2.75. The van der Waals surface area contributed by atoms with Gasteiger partial charge in [-0.3, -0.25) is 14.4 Å². The first-order valence-electron chi connectivity index (χ1n) is 15.1. The van der Waals surface area contributed by atoms with Crippen molar-refractivity contribution in [3.8, 4) is 0 Å². The van der Waals surface area contributed by atoms with Gasteiger partial charge < -0.3 is 4.74 Å². The average Bonchev–Trinajstić information content (AvgIpc) is 2.83. The highest BCUT2D eigenvalue weighted by molar-refractivity contribution is 6.64. The maximum Gasteiger partial charge on any atom is 0.305 e. The number of ketones is 1. The third kappa shape index (κ3) is 3.63. The molecule has 0 amide bonds. The zero-order valence-electron chi connectivity index (χ0n) is 25.0. The Bertz CT molecular complexity index is 1090. The topological polar surface area (TPSA) is 60.4 Å². The number of allylic oxidation sites excluding steroid dienone is 2. The normalized spacial score (nSPS) is 49.5. The minimum absolute atomic E-state index is 0.0430. The fourth-order valence-electron chi connectivity index (χ4n) is 10.8. The van der Waals surface area contributed by atoms with Crippen LogP contribution in [0.4, 0.5) is 0 Å². The lowest BCUT2D eigenvalue weighted by Gasteiger charge is -2.70. The molecule has 212 valence electrons. The second kappa shape index (κ2) is 8.67. The van der Waals surface area contributed by atoms with Crippen molar-refractivity contribution in [3.05, 3.63) is 11.6 Å². The molecule has 5 aliphatic carbocycles. The van der Waals surface area contributed by atoms with Crippen LogP contribution in [0.5, 0.6) is 0 Å². The molecule has 4 fully saturated rings. The van der Waals surface area contributed by atoms with Crippen LogP contribution in [0.2, 0.25) is 0 Å². The van der Waals surface area contributed by atoms with Crippen LogP contribution < -0.4 is 0 Å². The predicted octanol–water partition coefficient (Wildman–Crippen LogP) is 8.05. The number of rotatable bonds is 3. The molecule has 0 heterocycles. The summed E-state index contributed by atoms with van der Waals surface area (Å²) in [6, 6.07) is 0. The number of halogens is 1. The summed E-state index contributed by atoms with van der Waals surface area (Å²) in [4.78, 5) is 39.2. The van der Waals surface area contributed by atoms with Gasteiger partial charge in [0.05, 0.1) is 0 Å². The highest BCUT2D eigenvalue weighted by Gasteiger charge is 2.70. The summed E-state index contributed by atoms with van der Waals surface area (Å²) in [7, 11) is 0. The number of esters is 1. The molecule has 38 heavy (non-hydrogen) atoms. The third-order valence-electron chi connectivity index (χ3n) is 13.6. The summed E-state index contributed by atoms with van der Waals surface area (Å²) in [6.07, 6.45) is 10.9. The Labute approximate surface area is 235 Å². The standard InChI is InChI=1S/C33H49ClO4/c1-9-25(36)38-24-11-12-31(6)23(28(24,2)3)10-13-33(8)26(31)22(35)18-20-21-19-30(5,27(34)37)15-14-29(21,4)16-17-32(20,33)7/h18,21,23-24,26H,9-17,19H2,1-8H3/t21-,23-,24-,26+,29+,30-,31-,32+,33+/m0/s1. The second-order valence-corrected chi connectivity index (χ2v) is 16.1. The number of hydrogen-bond acceptors (Lipinski definition) is 4. The molecule has 5 rings (SSSR count). The number of fused-ring (bicyclic) bond motifs is 7. The predicted molar refractivity (Wildman–Crippen MR) is 150 cm³/mol. The quantitative estimate of drug-likeness (QED) is 0.266. The van der Waals surface area contributed by atoms with Crippen LogP contribution in [0.1, 0.15) is 120 Å². The van der Waals surface area contributed by atoms with Gasteiger partial charge in [0.1, 0.15) is 6.10 Å². The summed E-state index contributed by atoms with van der Waals surface area (Å²) in [5.41, 5.74) is 0.378. The van der Waals surface area contributed by atoms with Gasteiger partial charge in [-0.25, -0.2) is 0 Å². The van der Waals surface area contributed by atoms with Crippen LogP contribution in [0.15, 0.2) is 11.6 Å². The fraction of sp³-hybridized carbons (Fsp3) is 0.848. The molecule has 5 aliphatic rings. The van der Waals surface area contributed by atoms with Crippen molar-refractivity contribution in [3.63, 3.8) is 0 Å². The van der Waals surface area contributed by atoms with Crippen molar-refractivity contribution in [1.29, 1.82) is 0 Å². The molecule has 0 aliphatic heterocycles. The van der Waals surface area contributed by atoms with E-state index in [9.17, 15) is 14.4 Å². The minimum atomic E-state index is -0.520. The zero-order valence-corrected chi connectivity index (χ0v) is 25.7. The van der Waals surface area contributed by atoms with E-state index in [-0.39, 0.29) is 56.2 Å². The molecule has 0 aromatic rings. The van der Waals surface area contributed by atoms with Gasteiger partial charge >= 0.3 is 5.97 Å². The number of carbonyl (C=O) groups excluding carboxylic acids is 3. The molecule has 4 saturated carbocycles. The van der Waals surface area contributed by atoms with Crippen molar-refractivity contribution in [2.24, 2.45) is 50.2 Å². The Morgan fingerprint density at radius 1 is 0.947 bits per heavy atom. The van der Waals surface area contributed by atoms with Crippen LogP contribution >= 0.6 is 11.6 Å². The van der Waals surface area contributed by atoms with Crippen LogP contribution in [-0.2, 0) is 19.1 Å². The fourth-order valence-corrected chi connectivity index (χ4v) is 11.0. The van der Waals surface area contributed by atoms with Crippen molar-refractivity contribution in [1.82, 2.24) is 0 Å². The molecular formula is C33H49ClO4. The molecule has 0 radical (unpaired) electrons. The van der Waals surface area contributed by atoms with Crippen LogP contribution in [-0.4, -0.2) is 23.1 Å². The van der Waals surface area contributed by atoms with Crippen molar-refractivity contribution in [2.75, 3.05) is 0 Å². The first-order valence-corrected chi connectivity index (χ1v) is 15.5. The lowest BCUT2D eigenvalue weighted by molar-refractivity contribution is -0.210. The Balaban J connectivity index is 1.56. The van der Waals surface area contributed by atoms with Crippen LogP contribution in [0.25, 0.3) is 0 Å². The molecule has 0 bridgehead atoms. The monoisotopic (exact) mass is 544 g/mol. The summed E-state index contributed by atoms with van der Waals surface area (Å²) in [5.74, 6) is 0.663. The molecule has 0 saturated heterocycles. The maximum absolute atomic E-state index is 14.4. The number of carbonyl (C=O) groups is 3. The van der Waals surface area contributed by atoms with Gasteiger partial charge in [0.25, 0.3) is 0 Å². The summed E-state index contributed by atoms with van der Waals surface area (Å²) < 4.78 is 5.98. The number of ether oxygens (including phenoxy) is 1. The van der Waals surface area contributed by atoms with Gasteiger partial charge in [-0.15, -0.1) is 0 Å². The van der Waals surface area contributed by atoms with E-state index in [4.69, 9.17) is 16.3 Å². The van der Waals surface area contributed by atoms with Gasteiger partial charge in [0, 0.05) is 23.2 Å². The summed E-state index contributed by atoms with van der Waals surface area (Å²) in [5, 5.41) is -0.227. The molecule has 4 nitrogen and oxygen atoms in total. The van der Waals surface area contributed by atoms with Crippen LogP contribution in [0.3, 0.4) is 0 Å². The second-order valence-electron chi connectivity index (χ2n) is 15.7. The molecule has 0 spiro atoms. The van der Waals surface area contributed by atoms with Gasteiger partial charge in [0.2, 0.25) is 5.24 Å². The van der Waals surface area contributed by atoms with Gasteiger partial charge in [-0.2, -0.15) is 0 Å². The van der Waals surface area contributed by atoms with E-state index in [1.807, 2.05) is 13.8 Å². The van der Waals surface area contributed by atoms with Gasteiger partial charge in [-0.1, -0.05) is 61.0 Å². The van der Waals surface area contributed by atoms with Crippen molar-refractivity contribution >= 4 is 28.6 Å². The first kappa shape index (κ1) is 28.4. The largest absolute Gasteiger partial charge is 0.462 e. The average molecular weight is 545 g/mol. The highest BCUT2D eigenvalue weighted by atomic mass is 35.5. The van der Waals surface area contributed by atoms with Gasteiger partial charge in [0.15, 0.2) is 5.78 Å². The molecular weight excluding hydrogens is 496 g/mol. The minimum Gasteiger partial charge on any atom is -0.462 e. The summed E-state index contributed by atoms with van der Waals surface area (Å²) >= 11 is 6.17. The lowest BCUT2D eigenvalue weighted by Crippen LogP contribution is -2.66. The Morgan fingerprint density at radius 3 is 2.24 bits per heavy atom. The number of hydrogen-bond donors (Lipinski definition) is 0. The first-order chi connectivity index (χ1) is 17.5. The van der Waals surface area contributed by atoms with E-state index in [1.54, 1.807) is 0 Å². The van der Waals surface area contributed by atoms with E-state index in [0.717, 1.165) is 57.8 Å². The van der Waals surface area contributed by atoms with E-state index >= 15 is 0 Å². The molecule has 0 unspecified atom stereocenters. The molecule has 5 heteroatoms. The molecule has 0 aromatic carbocycles. The zero-order chi connectivity index (χ0) is 28.1. The smallest absolute Gasteiger partial charge is 0.305 e. The third-order valence-corrected chi connectivity index (χ3v) is 14.0.